The van der Waals surface area contributed by atoms with Gasteiger partial charge in [0.25, 0.3) is 0 Å². The molecule has 0 unspecified atom stereocenters. The topological polar surface area (TPSA) is 109 Å². The van der Waals surface area contributed by atoms with Crippen LogP contribution in [0.25, 0.3) is 0 Å². The molecule has 1 aromatic rings. The zero-order valence-corrected chi connectivity index (χ0v) is 16.7. The Balaban J connectivity index is 2.06. The molecule has 30 heavy (non-hydrogen) atoms. The fraction of sp³-hybridized carbons (Fsp3) is 0.500. The number of nitriles is 1. The average Bonchev–Trinajstić information content (AvgIpc) is 3.06. The van der Waals surface area contributed by atoms with Gasteiger partial charge in [-0.2, -0.15) is 5.26 Å². The van der Waals surface area contributed by atoms with Crippen LogP contribution in [-0.2, 0) is 30.4 Å². The summed E-state index contributed by atoms with van der Waals surface area (Å²) in [5, 5.41) is 11.0. The smallest absolute Gasteiger partial charge is 0.332 e. The van der Waals surface area contributed by atoms with Gasteiger partial charge in [-0.3, -0.25) is 9.59 Å². The summed E-state index contributed by atoms with van der Waals surface area (Å²) >= 11 is 0. The lowest BCUT2D eigenvalue weighted by Crippen LogP contribution is -2.50. The summed E-state index contributed by atoms with van der Waals surface area (Å²) in [5.74, 6) is -3.68. The highest BCUT2D eigenvalue weighted by molar-refractivity contribution is 5.86. The van der Waals surface area contributed by atoms with E-state index in [4.69, 9.17) is 14.7 Å². The summed E-state index contributed by atoms with van der Waals surface area (Å²) < 4.78 is 37.3. The Morgan fingerprint density at radius 3 is 2.80 bits per heavy atom. The van der Waals surface area contributed by atoms with Gasteiger partial charge in [-0.15, -0.1) is 0 Å². The molecule has 1 fully saturated rings. The lowest BCUT2D eigenvalue weighted by molar-refractivity contribution is -0.150. The van der Waals surface area contributed by atoms with E-state index in [0.717, 1.165) is 6.07 Å². The minimum Gasteiger partial charge on any atom is -0.449 e. The normalized spacial score (nSPS) is 17.9. The van der Waals surface area contributed by atoms with Gasteiger partial charge in [0, 0.05) is 38.1 Å². The van der Waals surface area contributed by atoms with Crippen molar-refractivity contribution in [1.82, 2.24) is 10.2 Å². The van der Waals surface area contributed by atoms with Crippen molar-refractivity contribution < 1.29 is 32.6 Å². The summed E-state index contributed by atoms with van der Waals surface area (Å²) in [4.78, 5) is 38.2. The fourth-order valence-corrected chi connectivity index (χ4v) is 3.22. The van der Waals surface area contributed by atoms with Crippen molar-refractivity contribution in [3.05, 3.63) is 35.4 Å². The predicted molar refractivity (Wildman–Crippen MR) is 99.5 cm³/mol. The standard InChI is InChI=1S/C20H23F2N3O5/c1-12(29-2)19(20(28)30-9-8-23)24-16(26)10-14-6-7-17(27)25(14)11-13-4-3-5-15(21)18(13)22/h3-5,12,14,19H,6-7,9-11H2,1-2H3,(H,24,26)/t12-,14+,19+/m1/s1. The first-order chi connectivity index (χ1) is 14.3. The zero-order chi connectivity index (χ0) is 22.3. The summed E-state index contributed by atoms with van der Waals surface area (Å²) in [7, 11) is 1.35. The minimum absolute atomic E-state index is 0.0154. The van der Waals surface area contributed by atoms with Gasteiger partial charge >= 0.3 is 5.97 Å². The average molecular weight is 423 g/mol. The van der Waals surface area contributed by atoms with Crippen molar-refractivity contribution in [3.8, 4) is 6.07 Å². The van der Waals surface area contributed by atoms with Crippen molar-refractivity contribution in [1.29, 1.82) is 5.26 Å². The number of nitrogens with one attached hydrogen (secondary N) is 1. The van der Waals surface area contributed by atoms with E-state index in [2.05, 4.69) is 5.32 Å². The van der Waals surface area contributed by atoms with Crippen molar-refractivity contribution in [3.63, 3.8) is 0 Å². The third-order valence-electron chi connectivity index (χ3n) is 4.94. The Hall–Kier alpha value is -3.06. The van der Waals surface area contributed by atoms with Crippen molar-refractivity contribution in [2.24, 2.45) is 0 Å². The van der Waals surface area contributed by atoms with E-state index in [1.807, 2.05) is 0 Å². The monoisotopic (exact) mass is 423 g/mol. The second-order valence-electron chi connectivity index (χ2n) is 6.88. The number of amides is 2. The van der Waals surface area contributed by atoms with Crippen LogP contribution < -0.4 is 5.32 Å². The van der Waals surface area contributed by atoms with Crippen molar-refractivity contribution in [2.75, 3.05) is 13.7 Å². The second kappa shape index (κ2) is 10.6. The summed E-state index contributed by atoms with van der Waals surface area (Å²) in [6.45, 7) is 0.922. The molecule has 8 nitrogen and oxygen atoms in total. The van der Waals surface area contributed by atoms with E-state index in [1.54, 1.807) is 13.0 Å². The van der Waals surface area contributed by atoms with E-state index in [9.17, 15) is 23.2 Å². The SMILES string of the molecule is CO[C@H](C)[C@H](NC(=O)C[C@@H]1CCC(=O)N1Cc1cccc(F)c1F)C(=O)OCC#N. The molecule has 0 saturated carbocycles. The molecular formula is C20H23F2N3O5. The third kappa shape index (κ3) is 5.73. The summed E-state index contributed by atoms with van der Waals surface area (Å²) in [5.41, 5.74) is 0.0154. The van der Waals surface area contributed by atoms with Gasteiger partial charge in [0.1, 0.15) is 6.07 Å². The van der Waals surface area contributed by atoms with Crippen LogP contribution in [0.15, 0.2) is 18.2 Å². The van der Waals surface area contributed by atoms with E-state index in [-0.39, 0.29) is 30.9 Å². The number of benzene rings is 1. The molecule has 1 aliphatic heterocycles. The number of halogens is 2. The Labute approximate surface area is 172 Å². The molecule has 0 aromatic heterocycles. The highest BCUT2D eigenvalue weighted by Crippen LogP contribution is 2.25. The molecule has 162 valence electrons. The molecule has 1 heterocycles. The molecule has 0 spiro atoms. The molecule has 0 aliphatic carbocycles. The predicted octanol–water partition coefficient (Wildman–Crippen LogP) is 1.43. The number of methoxy groups -OCH3 is 1. The van der Waals surface area contributed by atoms with Gasteiger partial charge in [-0.25, -0.2) is 13.6 Å². The lowest BCUT2D eigenvalue weighted by Gasteiger charge is -2.26. The lowest BCUT2D eigenvalue weighted by atomic mass is 10.1. The molecule has 1 saturated heterocycles. The van der Waals surface area contributed by atoms with Gasteiger partial charge in [-0.05, 0) is 19.4 Å². The second-order valence-corrected chi connectivity index (χ2v) is 6.88. The van der Waals surface area contributed by atoms with E-state index >= 15 is 0 Å². The van der Waals surface area contributed by atoms with Gasteiger partial charge in [0.15, 0.2) is 24.3 Å². The zero-order valence-electron chi connectivity index (χ0n) is 16.7. The number of nitrogens with zero attached hydrogens (tertiary/aromatic N) is 2. The molecule has 1 N–H and O–H groups in total. The Morgan fingerprint density at radius 1 is 1.40 bits per heavy atom. The van der Waals surface area contributed by atoms with Gasteiger partial charge < -0.3 is 19.7 Å². The molecule has 2 rings (SSSR count). The third-order valence-corrected chi connectivity index (χ3v) is 4.94. The van der Waals surface area contributed by atoms with Gasteiger partial charge in [-0.1, -0.05) is 12.1 Å². The van der Waals surface area contributed by atoms with Crippen molar-refractivity contribution in [2.45, 2.75) is 50.9 Å². The Kier molecular flexibility index (Phi) is 8.24. The molecule has 10 heteroatoms. The maximum absolute atomic E-state index is 14.0. The molecule has 0 radical (unpaired) electrons. The largest absolute Gasteiger partial charge is 0.449 e. The van der Waals surface area contributed by atoms with Crippen LogP contribution in [0.4, 0.5) is 8.78 Å². The first-order valence-corrected chi connectivity index (χ1v) is 9.36. The first kappa shape index (κ1) is 23.2. The number of carbonyl (C=O) groups excluding carboxylic acids is 3. The number of hydrogen-bond acceptors (Lipinski definition) is 6. The number of carbonyl (C=O) groups is 3. The van der Waals surface area contributed by atoms with Crippen LogP contribution in [-0.4, -0.2) is 54.6 Å². The van der Waals surface area contributed by atoms with E-state index in [0.29, 0.717) is 6.42 Å². The number of esters is 1. The van der Waals surface area contributed by atoms with Crippen LogP contribution in [0.1, 0.15) is 31.7 Å². The molecule has 1 aromatic carbocycles. The van der Waals surface area contributed by atoms with Crippen LogP contribution in [0.5, 0.6) is 0 Å². The van der Waals surface area contributed by atoms with E-state index < -0.39 is 48.3 Å². The van der Waals surface area contributed by atoms with Gasteiger partial charge in [0.05, 0.1) is 6.10 Å². The van der Waals surface area contributed by atoms with Gasteiger partial charge in [0.2, 0.25) is 11.8 Å². The van der Waals surface area contributed by atoms with Crippen LogP contribution in [0.3, 0.4) is 0 Å². The number of hydrogen-bond donors (Lipinski definition) is 1. The first-order valence-electron chi connectivity index (χ1n) is 9.36. The molecule has 2 amide bonds. The highest BCUT2D eigenvalue weighted by Gasteiger charge is 2.35. The highest BCUT2D eigenvalue weighted by atomic mass is 19.2. The van der Waals surface area contributed by atoms with Crippen LogP contribution >= 0.6 is 0 Å². The summed E-state index contributed by atoms with van der Waals surface area (Å²) in [6.07, 6.45) is -0.312. The minimum atomic E-state index is -1.14. The maximum Gasteiger partial charge on any atom is 0.332 e. The number of ether oxygens (including phenoxy) is 2. The summed E-state index contributed by atoms with van der Waals surface area (Å²) in [6, 6.07) is 3.70. The van der Waals surface area contributed by atoms with Crippen LogP contribution in [0, 0.1) is 23.0 Å². The van der Waals surface area contributed by atoms with E-state index in [1.165, 1.54) is 24.1 Å². The van der Waals surface area contributed by atoms with Crippen molar-refractivity contribution >= 4 is 17.8 Å². The number of rotatable bonds is 9. The Bertz CT molecular complexity index is 842. The molecule has 1 aliphatic rings. The fourth-order valence-electron chi connectivity index (χ4n) is 3.22. The van der Waals surface area contributed by atoms with Crippen LogP contribution in [0.2, 0.25) is 0 Å². The number of likely N-dealkylation sites (tertiary alicyclic amines) is 1. The Morgan fingerprint density at radius 2 is 2.13 bits per heavy atom. The quantitative estimate of drug-likeness (QED) is 0.602. The maximum atomic E-state index is 14.0. The molecule has 0 bridgehead atoms. The molecule has 3 atom stereocenters. The molecular weight excluding hydrogens is 400 g/mol.